The molecule has 1 amide bonds. The van der Waals surface area contributed by atoms with Crippen LogP contribution in [0.4, 0.5) is 5.69 Å². The van der Waals surface area contributed by atoms with E-state index >= 15 is 0 Å². The highest BCUT2D eigenvalue weighted by atomic mass is 16.3. The second kappa shape index (κ2) is 6.94. The first-order valence-electron chi connectivity index (χ1n) is 6.28. The molecule has 1 aromatic heterocycles. The Hall–Kier alpha value is -1.82. The van der Waals surface area contributed by atoms with Gasteiger partial charge in [0.25, 0.3) is 5.56 Å². The molecule has 0 aromatic carbocycles. The van der Waals surface area contributed by atoms with Gasteiger partial charge in [-0.05, 0) is 18.4 Å². The summed E-state index contributed by atoms with van der Waals surface area (Å²) in [5, 5.41) is 11.9. The number of pyridine rings is 1. The van der Waals surface area contributed by atoms with E-state index in [-0.39, 0.29) is 30.7 Å². The van der Waals surface area contributed by atoms with Crippen LogP contribution >= 0.6 is 0 Å². The van der Waals surface area contributed by atoms with Crippen molar-refractivity contribution in [3.05, 3.63) is 28.7 Å². The van der Waals surface area contributed by atoms with Gasteiger partial charge in [-0.1, -0.05) is 13.8 Å². The second-order valence-corrected chi connectivity index (χ2v) is 5.01. The number of hydrogen-bond acceptors (Lipinski definition) is 4. The van der Waals surface area contributed by atoms with E-state index in [0.717, 1.165) is 0 Å². The summed E-state index contributed by atoms with van der Waals surface area (Å²) >= 11 is 0. The van der Waals surface area contributed by atoms with E-state index in [0.29, 0.717) is 18.0 Å². The molecule has 6 heteroatoms. The summed E-state index contributed by atoms with van der Waals surface area (Å²) in [4.78, 5) is 23.3. The predicted octanol–water partition coefficient (Wildman–Crippen LogP) is -0.0463. The van der Waals surface area contributed by atoms with Crippen LogP contribution in [0.25, 0.3) is 0 Å². The minimum atomic E-state index is -0.313. The summed E-state index contributed by atoms with van der Waals surface area (Å²) in [5.74, 6) is 0.0555. The molecule has 0 spiro atoms. The molecule has 0 bridgehead atoms. The van der Waals surface area contributed by atoms with Gasteiger partial charge in [-0.3, -0.25) is 9.59 Å². The van der Waals surface area contributed by atoms with Crippen LogP contribution in [-0.2, 0) is 11.3 Å². The third-order valence-corrected chi connectivity index (χ3v) is 2.66. The fourth-order valence-electron chi connectivity index (χ4n) is 1.85. The zero-order valence-corrected chi connectivity index (χ0v) is 11.3. The Labute approximate surface area is 112 Å². The van der Waals surface area contributed by atoms with Gasteiger partial charge in [0.1, 0.15) is 6.54 Å². The number of nitrogens with one attached hydrogen (secondary N) is 1. The van der Waals surface area contributed by atoms with E-state index in [2.05, 4.69) is 5.32 Å². The first kappa shape index (κ1) is 15.2. The predicted molar refractivity (Wildman–Crippen MR) is 73.6 cm³/mol. The lowest BCUT2D eigenvalue weighted by Crippen LogP contribution is -2.41. The molecule has 4 N–H and O–H groups in total. The Balaban J connectivity index is 2.64. The number of aromatic nitrogens is 1. The number of anilines is 1. The zero-order chi connectivity index (χ0) is 14.4. The summed E-state index contributed by atoms with van der Waals surface area (Å²) < 4.78 is 1.24. The molecule has 1 unspecified atom stereocenters. The van der Waals surface area contributed by atoms with E-state index in [1.165, 1.54) is 22.9 Å². The van der Waals surface area contributed by atoms with Gasteiger partial charge in [0.15, 0.2) is 0 Å². The molecule has 0 radical (unpaired) electrons. The van der Waals surface area contributed by atoms with Crippen molar-refractivity contribution >= 4 is 11.6 Å². The molecular formula is C13H21N3O3. The molecule has 1 heterocycles. The lowest BCUT2D eigenvalue weighted by atomic mass is 10.0. The number of amides is 1. The minimum Gasteiger partial charge on any atom is -0.398 e. The van der Waals surface area contributed by atoms with Gasteiger partial charge >= 0.3 is 0 Å². The maximum Gasteiger partial charge on any atom is 0.251 e. The normalized spacial score (nSPS) is 12.4. The fraction of sp³-hybridized carbons (Fsp3) is 0.538. The molecule has 1 atom stereocenters. The average Bonchev–Trinajstić information content (AvgIpc) is 2.32. The van der Waals surface area contributed by atoms with Crippen molar-refractivity contribution in [3.8, 4) is 0 Å². The number of carbonyl (C=O) groups is 1. The molecule has 0 fully saturated rings. The number of aliphatic hydroxyl groups is 1. The van der Waals surface area contributed by atoms with E-state index < -0.39 is 0 Å². The van der Waals surface area contributed by atoms with E-state index in [9.17, 15) is 14.7 Å². The van der Waals surface area contributed by atoms with Crippen molar-refractivity contribution < 1.29 is 9.90 Å². The van der Waals surface area contributed by atoms with Crippen LogP contribution < -0.4 is 16.6 Å². The molecule has 0 saturated heterocycles. The molecule has 106 valence electrons. The van der Waals surface area contributed by atoms with Crippen LogP contribution in [0.2, 0.25) is 0 Å². The lowest BCUT2D eigenvalue weighted by Gasteiger charge is -2.18. The highest BCUT2D eigenvalue weighted by molar-refractivity contribution is 5.76. The highest BCUT2D eigenvalue weighted by Gasteiger charge is 2.13. The zero-order valence-electron chi connectivity index (χ0n) is 11.3. The smallest absolute Gasteiger partial charge is 0.251 e. The van der Waals surface area contributed by atoms with Crippen molar-refractivity contribution in [2.24, 2.45) is 5.92 Å². The van der Waals surface area contributed by atoms with Gasteiger partial charge in [0.05, 0.1) is 12.6 Å². The molecule has 6 nitrogen and oxygen atoms in total. The monoisotopic (exact) mass is 267 g/mol. The van der Waals surface area contributed by atoms with Crippen molar-refractivity contribution in [2.75, 3.05) is 12.3 Å². The van der Waals surface area contributed by atoms with Crippen molar-refractivity contribution in [2.45, 2.75) is 32.9 Å². The quantitative estimate of drug-likeness (QED) is 0.673. The number of nitrogens with zero attached hydrogens (tertiary/aromatic N) is 1. The Morgan fingerprint density at radius 3 is 2.74 bits per heavy atom. The van der Waals surface area contributed by atoms with Gasteiger partial charge in [-0.25, -0.2) is 0 Å². The largest absolute Gasteiger partial charge is 0.398 e. The standard InChI is InChI=1S/C13H21N3O3/c1-9(2)5-11(8-17)15-12(18)7-16-6-10(14)3-4-13(16)19/h3-4,6,9,11,17H,5,7-8,14H2,1-2H3,(H,15,18). The lowest BCUT2D eigenvalue weighted by molar-refractivity contribution is -0.122. The van der Waals surface area contributed by atoms with E-state index in [1.807, 2.05) is 13.8 Å². The van der Waals surface area contributed by atoms with Crippen LogP contribution in [-0.4, -0.2) is 28.2 Å². The second-order valence-electron chi connectivity index (χ2n) is 5.01. The molecule has 1 aromatic rings. The third kappa shape index (κ3) is 5.13. The molecular weight excluding hydrogens is 246 g/mol. The number of carbonyl (C=O) groups excluding carboxylic acids is 1. The van der Waals surface area contributed by atoms with Crippen LogP contribution in [0.3, 0.4) is 0 Å². The number of hydrogen-bond donors (Lipinski definition) is 3. The van der Waals surface area contributed by atoms with Gasteiger partial charge in [-0.15, -0.1) is 0 Å². The van der Waals surface area contributed by atoms with Crippen LogP contribution in [0, 0.1) is 5.92 Å². The van der Waals surface area contributed by atoms with Crippen molar-refractivity contribution in [1.29, 1.82) is 0 Å². The van der Waals surface area contributed by atoms with Crippen molar-refractivity contribution in [1.82, 2.24) is 9.88 Å². The Kier molecular flexibility index (Phi) is 5.57. The summed E-state index contributed by atoms with van der Waals surface area (Å²) in [5.41, 5.74) is 5.71. The fourth-order valence-corrected chi connectivity index (χ4v) is 1.85. The average molecular weight is 267 g/mol. The number of nitrogens with two attached hydrogens (primary N) is 1. The summed E-state index contributed by atoms with van der Waals surface area (Å²) in [6, 6.07) is 2.52. The Morgan fingerprint density at radius 2 is 2.16 bits per heavy atom. The maximum atomic E-state index is 11.8. The molecule has 1 rings (SSSR count). The van der Waals surface area contributed by atoms with E-state index in [4.69, 9.17) is 5.73 Å². The Morgan fingerprint density at radius 1 is 1.47 bits per heavy atom. The van der Waals surface area contributed by atoms with Gasteiger partial charge < -0.3 is 20.7 Å². The molecule has 0 aliphatic carbocycles. The molecule has 19 heavy (non-hydrogen) atoms. The first-order chi connectivity index (χ1) is 8.92. The van der Waals surface area contributed by atoms with E-state index in [1.54, 1.807) is 0 Å². The minimum absolute atomic E-state index is 0.0987. The molecule has 0 saturated carbocycles. The van der Waals surface area contributed by atoms with Gasteiger partial charge in [0, 0.05) is 18.0 Å². The summed E-state index contributed by atoms with van der Waals surface area (Å²) in [7, 11) is 0. The Bertz CT molecular complexity index is 482. The molecule has 0 aliphatic heterocycles. The summed E-state index contributed by atoms with van der Waals surface area (Å²) in [6.45, 7) is 3.81. The van der Waals surface area contributed by atoms with Crippen LogP contribution in [0.15, 0.2) is 23.1 Å². The topological polar surface area (TPSA) is 97.3 Å². The van der Waals surface area contributed by atoms with Crippen LogP contribution in [0.5, 0.6) is 0 Å². The van der Waals surface area contributed by atoms with Crippen LogP contribution in [0.1, 0.15) is 20.3 Å². The molecule has 0 aliphatic rings. The van der Waals surface area contributed by atoms with Gasteiger partial charge in [-0.2, -0.15) is 0 Å². The SMILES string of the molecule is CC(C)CC(CO)NC(=O)Cn1cc(N)ccc1=O. The number of aliphatic hydroxyl groups excluding tert-OH is 1. The van der Waals surface area contributed by atoms with Gasteiger partial charge in [0.2, 0.25) is 5.91 Å². The first-order valence-corrected chi connectivity index (χ1v) is 6.28. The van der Waals surface area contributed by atoms with Crippen molar-refractivity contribution in [3.63, 3.8) is 0 Å². The maximum absolute atomic E-state index is 11.8. The number of nitrogen functional groups attached to an aromatic ring is 1. The summed E-state index contributed by atoms with van der Waals surface area (Å²) in [6.07, 6.45) is 2.12. The number of rotatable bonds is 6. The third-order valence-electron chi connectivity index (χ3n) is 2.66. The highest BCUT2D eigenvalue weighted by Crippen LogP contribution is 2.04.